The lowest BCUT2D eigenvalue weighted by Gasteiger charge is -2.10. The molecule has 0 aliphatic carbocycles. The summed E-state index contributed by atoms with van der Waals surface area (Å²) in [6.45, 7) is 2.28. The van der Waals surface area contributed by atoms with Gasteiger partial charge in [-0.25, -0.2) is 9.97 Å². The molecule has 4 rings (SSSR count). The number of fused-ring (bicyclic) bond motifs is 1. The Balaban J connectivity index is 1.46. The Kier molecular flexibility index (Phi) is 4.99. The van der Waals surface area contributed by atoms with Gasteiger partial charge in [0.1, 0.15) is 17.3 Å². The van der Waals surface area contributed by atoms with Gasteiger partial charge in [-0.1, -0.05) is 29.8 Å². The Labute approximate surface area is 166 Å². The van der Waals surface area contributed by atoms with Gasteiger partial charge in [-0.2, -0.15) is 0 Å². The summed E-state index contributed by atoms with van der Waals surface area (Å²) >= 11 is 6.17. The molecule has 142 valence electrons. The highest BCUT2D eigenvalue weighted by Crippen LogP contribution is 2.32. The van der Waals surface area contributed by atoms with Gasteiger partial charge in [-0.05, 0) is 36.8 Å². The lowest BCUT2D eigenvalue weighted by atomic mass is 10.2. The maximum atomic E-state index is 12.6. The van der Waals surface area contributed by atoms with Gasteiger partial charge in [0.05, 0.1) is 10.7 Å². The van der Waals surface area contributed by atoms with Crippen molar-refractivity contribution in [3.8, 4) is 11.5 Å². The summed E-state index contributed by atoms with van der Waals surface area (Å²) in [5.74, 6) is 2.05. The average Bonchev–Trinajstić information content (AvgIpc) is 3.15. The highest BCUT2D eigenvalue weighted by molar-refractivity contribution is 6.33. The van der Waals surface area contributed by atoms with Crippen molar-refractivity contribution in [1.29, 1.82) is 0 Å². The largest absolute Gasteiger partial charge is 0.454 e. The molecule has 28 heavy (non-hydrogen) atoms. The van der Waals surface area contributed by atoms with Crippen LogP contribution < -0.4 is 20.1 Å². The minimum Gasteiger partial charge on any atom is -0.454 e. The van der Waals surface area contributed by atoms with E-state index in [1.165, 1.54) is 0 Å². The lowest BCUT2D eigenvalue weighted by Crippen LogP contribution is -2.24. The molecule has 0 saturated carbocycles. The Morgan fingerprint density at radius 2 is 1.93 bits per heavy atom. The van der Waals surface area contributed by atoms with Crippen molar-refractivity contribution in [3.05, 3.63) is 70.6 Å². The molecule has 3 aromatic rings. The lowest BCUT2D eigenvalue weighted by molar-refractivity contribution is 0.0945. The third-order valence-corrected chi connectivity index (χ3v) is 4.43. The number of benzene rings is 2. The van der Waals surface area contributed by atoms with Crippen molar-refractivity contribution in [1.82, 2.24) is 15.3 Å². The summed E-state index contributed by atoms with van der Waals surface area (Å²) in [4.78, 5) is 21.1. The van der Waals surface area contributed by atoms with E-state index in [-0.39, 0.29) is 18.4 Å². The number of nitrogens with zero attached hydrogens (tertiary/aromatic N) is 2. The molecule has 1 aromatic heterocycles. The first kappa shape index (κ1) is 18.1. The van der Waals surface area contributed by atoms with Crippen LogP contribution in [0.15, 0.2) is 48.5 Å². The minimum absolute atomic E-state index is 0.215. The van der Waals surface area contributed by atoms with E-state index in [2.05, 4.69) is 20.6 Å². The molecular formula is C20H17ClN4O3. The van der Waals surface area contributed by atoms with Gasteiger partial charge in [0, 0.05) is 12.6 Å². The molecular weight excluding hydrogens is 380 g/mol. The van der Waals surface area contributed by atoms with Crippen LogP contribution in [-0.4, -0.2) is 22.7 Å². The summed E-state index contributed by atoms with van der Waals surface area (Å²) in [5.41, 5.74) is 1.87. The summed E-state index contributed by atoms with van der Waals surface area (Å²) in [7, 11) is 0. The second-order valence-corrected chi connectivity index (χ2v) is 6.57. The third kappa shape index (κ3) is 3.99. The summed E-state index contributed by atoms with van der Waals surface area (Å²) < 4.78 is 10.6. The summed E-state index contributed by atoms with van der Waals surface area (Å²) in [6, 6.07) is 14.4. The van der Waals surface area contributed by atoms with Gasteiger partial charge >= 0.3 is 0 Å². The number of carbonyl (C=O) groups excluding carboxylic acids is 1. The zero-order valence-electron chi connectivity index (χ0n) is 15.0. The Hall–Kier alpha value is -3.32. The molecule has 7 nitrogen and oxygen atoms in total. The van der Waals surface area contributed by atoms with Crippen LogP contribution in [0, 0.1) is 6.92 Å². The average molecular weight is 397 g/mol. The fourth-order valence-electron chi connectivity index (χ4n) is 2.77. The molecule has 0 saturated heterocycles. The number of nitrogens with one attached hydrogen (secondary N) is 2. The van der Waals surface area contributed by atoms with E-state index in [0.29, 0.717) is 40.4 Å². The molecule has 0 unspecified atom stereocenters. The number of carbonyl (C=O) groups is 1. The predicted octanol–water partition coefficient (Wildman–Crippen LogP) is 3.84. The quantitative estimate of drug-likeness (QED) is 0.681. The number of hydrogen-bond acceptors (Lipinski definition) is 6. The number of para-hydroxylation sites is 1. The highest BCUT2D eigenvalue weighted by Gasteiger charge is 2.15. The molecule has 0 radical (unpaired) electrons. The smallest absolute Gasteiger partial charge is 0.270 e. The maximum Gasteiger partial charge on any atom is 0.270 e. The second kappa shape index (κ2) is 7.74. The van der Waals surface area contributed by atoms with Crippen LogP contribution in [0.2, 0.25) is 5.02 Å². The van der Waals surface area contributed by atoms with Gasteiger partial charge in [-0.15, -0.1) is 0 Å². The predicted molar refractivity (Wildman–Crippen MR) is 105 cm³/mol. The van der Waals surface area contributed by atoms with E-state index >= 15 is 0 Å². The molecule has 0 bridgehead atoms. The fourth-order valence-corrected chi connectivity index (χ4v) is 2.96. The topological polar surface area (TPSA) is 85.4 Å². The van der Waals surface area contributed by atoms with Crippen LogP contribution >= 0.6 is 11.6 Å². The first-order chi connectivity index (χ1) is 13.6. The summed E-state index contributed by atoms with van der Waals surface area (Å²) in [6.07, 6.45) is 0. The van der Waals surface area contributed by atoms with Crippen molar-refractivity contribution >= 4 is 29.0 Å². The number of anilines is 2. The van der Waals surface area contributed by atoms with Crippen molar-refractivity contribution in [3.63, 3.8) is 0 Å². The Morgan fingerprint density at radius 3 is 2.79 bits per heavy atom. The van der Waals surface area contributed by atoms with Gasteiger partial charge < -0.3 is 20.1 Å². The Bertz CT molecular complexity index is 1040. The monoisotopic (exact) mass is 396 g/mol. The molecule has 0 atom stereocenters. The molecule has 2 N–H and O–H groups in total. The molecule has 0 fully saturated rings. The number of ether oxygens (including phenoxy) is 2. The zero-order chi connectivity index (χ0) is 19.5. The van der Waals surface area contributed by atoms with Gasteiger partial charge in [0.2, 0.25) is 6.79 Å². The summed E-state index contributed by atoms with van der Waals surface area (Å²) in [5, 5.41) is 6.54. The van der Waals surface area contributed by atoms with Crippen molar-refractivity contribution in [2.75, 3.05) is 12.1 Å². The standard InChI is InChI=1S/C20H17ClN4O3/c1-12-23-16(9-19(24-12)25-15-5-3-2-4-14(15)21)20(26)22-10-13-6-7-17-18(8-13)28-11-27-17/h2-9H,10-11H2,1H3,(H,22,26)(H,23,24,25). The van der Waals surface area contributed by atoms with E-state index in [1.54, 1.807) is 19.1 Å². The van der Waals surface area contributed by atoms with E-state index in [1.807, 2.05) is 36.4 Å². The van der Waals surface area contributed by atoms with Crippen LogP contribution in [0.5, 0.6) is 11.5 Å². The first-order valence-corrected chi connectivity index (χ1v) is 9.00. The fraction of sp³-hybridized carbons (Fsp3) is 0.150. The van der Waals surface area contributed by atoms with Gasteiger partial charge in [0.25, 0.3) is 5.91 Å². The molecule has 2 aromatic carbocycles. The van der Waals surface area contributed by atoms with Crippen molar-refractivity contribution in [2.24, 2.45) is 0 Å². The number of hydrogen-bond donors (Lipinski definition) is 2. The van der Waals surface area contributed by atoms with Crippen LogP contribution in [0.25, 0.3) is 0 Å². The number of halogens is 1. The zero-order valence-corrected chi connectivity index (χ0v) is 15.8. The number of aryl methyl sites for hydroxylation is 1. The number of amides is 1. The Morgan fingerprint density at radius 1 is 1.11 bits per heavy atom. The highest BCUT2D eigenvalue weighted by atomic mass is 35.5. The van der Waals surface area contributed by atoms with E-state index < -0.39 is 0 Å². The molecule has 1 amide bonds. The van der Waals surface area contributed by atoms with Crippen molar-refractivity contribution < 1.29 is 14.3 Å². The molecule has 8 heteroatoms. The molecule has 2 heterocycles. The van der Waals surface area contributed by atoms with Crippen LogP contribution in [0.3, 0.4) is 0 Å². The molecule has 1 aliphatic rings. The molecule has 0 spiro atoms. The van der Waals surface area contributed by atoms with Gasteiger partial charge in [-0.3, -0.25) is 4.79 Å². The van der Waals surface area contributed by atoms with Crippen LogP contribution in [0.1, 0.15) is 21.9 Å². The second-order valence-electron chi connectivity index (χ2n) is 6.16. The molecule has 1 aliphatic heterocycles. The van der Waals surface area contributed by atoms with Crippen molar-refractivity contribution in [2.45, 2.75) is 13.5 Å². The van der Waals surface area contributed by atoms with E-state index in [9.17, 15) is 4.79 Å². The SMILES string of the molecule is Cc1nc(Nc2ccccc2Cl)cc(C(=O)NCc2ccc3c(c2)OCO3)n1. The van der Waals surface area contributed by atoms with Gasteiger partial charge in [0.15, 0.2) is 11.5 Å². The number of rotatable bonds is 5. The van der Waals surface area contributed by atoms with E-state index in [0.717, 1.165) is 5.56 Å². The normalized spacial score (nSPS) is 11.9. The maximum absolute atomic E-state index is 12.6. The number of aromatic nitrogens is 2. The minimum atomic E-state index is -0.301. The first-order valence-electron chi connectivity index (χ1n) is 8.62. The van der Waals surface area contributed by atoms with Crippen LogP contribution in [0.4, 0.5) is 11.5 Å². The third-order valence-electron chi connectivity index (χ3n) is 4.10. The van der Waals surface area contributed by atoms with E-state index in [4.69, 9.17) is 21.1 Å². The van der Waals surface area contributed by atoms with Crippen LogP contribution in [-0.2, 0) is 6.54 Å².